The van der Waals surface area contributed by atoms with Crippen molar-refractivity contribution in [1.29, 1.82) is 0 Å². The van der Waals surface area contributed by atoms with Gasteiger partial charge in [-0.05, 0) is 109 Å². The maximum absolute atomic E-state index is 12.9. The third kappa shape index (κ3) is 60.0. The number of rotatable bonds is 59. The summed E-state index contributed by atoms with van der Waals surface area (Å²) in [7, 11) is 0. The van der Waals surface area contributed by atoms with Crippen LogP contribution in [0.15, 0.2) is 60.8 Å². The summed E-state index contributed by atoms with van der Waals surface area (Å²) in [5, 5.41) is 0. The fraction of sp³-hybridized carbons (Fsp3) is 0.809. The molecule has 0 fully saturated rings. The van der Waals surface area contributed by atoms with Gasteiger partial charge in [0.1, 0.15) is 13.2 Å². The zero-order valence-electron chi connectivity index (χ0n) is 49.4. The van der Waals surface area contributed by atoms with Crippen LogP contribution in [0.1, 0.15) is 335 Å². The number of allylic oxidation sites excluding steroid dienone is 10. The van der Waals surface area contributed by atoms with Gasteiger partial charge in [-0.3, -0.25) is 14.4 Å². The van der Waals surface area contributed by atoms with Crippen LogP contribution in [0, 0.1) is 0 Å². The summed E-state index contributed by atoms with van der Waals surface area (Å²) in [6.45, 7) is 6.63. The molecule has 1 unspecified atom stereocenters. The average Bonchev–Trinajstić information content (AvgIpc) is 3.40. The highest BCUT2D eigenvalue weighted by molar-refractivity contribution is 5.71. The summed E-state index contributed by atoms with van der Waals surface area (Å²) in [5.74, 6) is -0.887. The third-order valence-corrected chi connectivity index (χ3v) is 14.2. The van der Waals surface area contributed by atoms with E-state index in [0.717, 1.165) is 89.9 Å². The molecule has 6 heteroatoms. The number of esters is 3. The first-order chi connectivity index (χ1) is 36.5. The molecular formula is C68H122O6. The molecule has 0 radical (unpaired) electrons. The van der Waals surface area contributed by atoms with E-state index in [1.165, 1.54) is 205 Å². The minimum absolute atomic E-state index is 0.0809. The second-order valence-corrected chi connectivity index (χ2v) is 21.7. The molecule has 0 aliphatic carbocycles. The molecule has 0 amide bonds. The van der Waals surface area contributed by atoms with Crippen LogP contribution in [0.4, 0.5) is 0 Å². The van der Waals surface area contributed by atoms with Crippen molar-refractivity contribution in [3.63, 3.8) is 0 Å². The smallest absolute Gasteiger partial charge is 0.306 e. The Morgan fingerprint density at radius 1 is 0.270 bits per heavy atom. The first-order valence-electron chi connectivity index (χ1n) is 32.3. The lowest BCUT2D eigenvalue weighted by Gasteiger charge is -2.18. The van der Waals surface area contributed by atoms with Crippen LogP contribution in [-0.2, 0) is 28.6 Å². The number of hydrogen-bond donors (Lipinski definition) is 0. The molecular weight excluding hydrogens is 913 g/mol. The predicted molar refractivity (Wildman–Crippen MR) is 321 cm³/mol. The van der Waals surface area contributed by atoms with Crippen LogP contribution in [0.2, 0.25) is 0 Å². The molecule has 0 aromatic rings. The molecule has 6 nitrogen and oxygen atoms in total. The van der Waals surface area contributed by atoms with E-state index in [4.69, 9.17) is 14.2 Å². The van der Waals surface area contributed by atoms with Crippen molar-refractivity contribution in [2.24, 2.45) is 0 Å². The standard InChI is InChI=1S/C68H122O6/c1-4-7-10-13-16-19-22-25-28-30-32-33-34-35-37-38-40-43-46-49-52-55-58-61-67(70)73-64-65(63-72-66(69)60-57-54-51-48-45-42-27-24-21-18-15-12-9-6-3)74-68(71)62-59-56-53-50-47-44-41-39-36-31-29-26-23-20-17-14-11-8-5-2/h17,20,24,26-27,29-30,32,36,39,65H,4-16,18-19,21-23,25,28,31,33-35,37-38,40-64H2,1-3H3/b20-17-,27-24-,29-26-,32-30-,39-36-. The molecule has 1 atom stereocenters. The quantitative estimate of drug-likeness (QED) is 0.0261. The van der Waals surface area contributed by atoms with Gasteiger partial charge in [-0.2, -0.15) is 0 Å². The largest absolute Gasteiger partial charge is 0.462 e. The van der Waals surface area contributed by atoms with Crippen LogP contribution in [0.5, 0.6) is 0 Å². The van der Waals surface area contributed by atoms with E-state index in [1.54, 1.807) is 0 Å². The van der Waals surface area contributed by atoms with E-state index in [2.05, 4.69) is 81.5 Å². The van der Waals surface area contributed by atoms with E-state index in [1.807, 2.05) is 0 Å². The van der Waals surface area contributed by atoms with Crippen molar-refractivity contribution in [2.45, 2.75) is 341 Å². The van der Waals surface area contributed by atoms with E-state index >= 15 is 0 Å². The summed E-state index contributed by atoms with van der Waals surface area (Å²) in [6.07, 6.45) is 79.4. The maximum atomic E-state index is 12.9. The second-order valence-electron chi connectivity index (χ2n) is 21.7. The van der Waals surface area contributed by atoms with Gasteiger partial charge in [0.25, 0.3) is 0 Å². The van der Waals surface area contributed by atoms with Crippen molar-refractivity contribution in [1.82, 2.24) is 0 Å². The van der Waals surface area contributed by atoms with Gasteiger partial charge in [-0.25, -0.2) is 0 Å². The minimum Gasteiger partial charge on any atom is -0.462 e. The number of carbonyl (C=O) groups is 3. The Kier molecular flexibility index (Phi) is 60.2. The Morgan fingerprint density at radius 3 is 0.797 bits per heavy atom. The normalized spacial score (nSPS) is 12.4. The average molecular weight is 1040 g/mol. The molecule has 0 spiro atoms. The Morgan fingerprint density at radius 2 is 0.486 bits per heavy atom. The zero-order valence-corrected chi connectivity index (χ0v) is 49.4. The number of carbonyl (C=O) groups excluding carboxylic acids is 3. The molecule has 0 N–H and O–H groups in total. The van der Waals surface area contributed by atoms with Gasteiger partial charge in [0.2, 0.25) is 0 Å². The van der Waals surface area contributed by atoms with E-state index in [0.29, 0.717) is 19.3 Å². The van der Waals surface area contributed by atoms with E-state index in [9.17, 15) is 14.4 Å². The molecule has 0 saturated carbocycles. The summed E-state index contributed by atoms with van der Waals surface area (Å²) < 4.78 is 16.9. The zero-order chi connectivity index (χ0) is 53.6. The lowest BCUT2D eigenvalue weighted by atomic mass is 10.0. The van der Waals surface area contributed by atoms with Crippen molar-refractivity contribution in [3.05, 3.63) is 60.8 Å². The molecule has 0 aliphatic rings. The van der Waals surface area contributed by atoms with Crippen molar-refractivity contribution < 1.29 is 28.6 Å². The summed E-state index contributed by atoms with van der Waals surface area (Å²) in [6, 6.07) is 0. The highest BCUT2D eigenvalue weighted by Crippen LogP contribution is 2.16. The Labute approximate surface area is 460 Å². The number of hydrogen-bond acceptors (Lipinski definition) is 6. The Balaban J connectivity index is 4.34. The van der Waals surface area contributed by atoms with Gasteiger partial charge in [0.15, 0.2) is 6.10 Å². The molecule has 0 saturated heterocycles. The highest BCUT2D eigenvalue weighted by atomic mass is 16.6. The van der Waals surface area contributed by atoms with Crippen molar-refractivity contribution in [2.75, 3.05) is 13.2 Å². The SMILES string of the molecule is CCCCC/C=C\C/C=C\C/C=C\CCCCCCCCC(=O)OC(COC(=O)CCCCCCC/C=C\CCCCCCC)COC(=O)CCCCCCCCCCCCC/C=C\CCCCCCCCCC. The van der Waals surface area contributed by atoms with Gasteiger partial charge in [0, 0.05) is 19.3 Å². The van der Waals surface area contributed by atoms with Crippen LogP contribution < -0.4 is 0 Å². The molecule has 0 rings (SSSR count). The molecule has 0 aliphatic heterocycles. The Hall–Kier alpha value is -2.89. The van der Waals surface area contributed by atoms with Gasteiger partial charge in [-0.15, -0.1) is 0 Å². The topological polar surface area (TPSA) is 78.9 Å². The molecule has 430 valence electrons. The van der Waals surface area contributed by atoms with Crippen LogP contribution >= 0.6 is 0 Å². The van der Waals surface area contributed by atoms with Gasteiger partial charge in [0.05, 0.1) is 0 Å². The fourth-order valence-electron chi connectivity index (χ4n) is 9.32. The second kappa shape index (κ2) is 62.6. The monoisotopic (exact) mass is 1030 g/mol. The lowest BCUT2D eigenvalue weighted by molar-refractivity contribution is -0.167. The molecule has 74 heavy (non-hydrogen) atoms. The number of unbranched alkanes of at least 4 members (excludes halogenated alkanes) is 38. The summed E-state index contributed by atoms with van der Waals surface area (Å²) in [5.41, 5.74) is 0. The minimum atomic E-state index is -0.785. The van der Waals surface area contributed by atoms with E-state index in [-0.39, 0.29) is 31.1 Å². The lowest BCUT2D eigenvalue weighted by Crippen LogP contribution is -2.30. The Bertz CT molecular complexity index is 1330. The van der Waals surface area contributed by atoms with Crippen LogP contribution in [-0.4, -0.2) is 37.2 Å². The molecule has 0 heterocycles. The van der Waals surface area contributed by atoms with Crippen LogP contribution in [0.3, 0.4) is 0 Å². The highest BCUT2D eigenvalue weighted by Gasteiger charge is 2.19. The summed E-state index contributed by atoms with van der Waals surface area (Å²) >= 11 is 0. The maximum Gasteiger partial charge on any atom is 0.306 e. The van der Waals surface area contributed by atoms with Gasteiger partial charge in [-0.1, -0.05) is 268 Å². The fourth-order valence-corrected chi connectivity index (χ4v) is 9.32. The first-order valence-corrected chi connectivity index (χ1v) is 32.3. The number of ether oxygens (including phenoxy) is 3. The van der Waals surface area contributed by atoms with Crippen molar-refractivity contribution >= 4 is 17.9 Å². The first kappa shape index (κ1) is 71.1. The molecule has 0 aromatic carbocycles. The molecule has 0 bridgehead atoms. The summed E-state index contributed by atoms with van der Waals surface area (Å²) in [4.78, 5) is 38.3. The van der Waals surface area contributed by atoms with E-state index < -0.39 is 6.10 Å². The van der Waals surface area contributed by atoms with Crippen LogP contribution in [0.25, 0.3) is 0 Å². The molecule has 0 aromatic heterocycles. The van der Waals surface area contributed by atoms with Gasteiger partial charge < -0.3 is 14.2 Å². The van der Waals surface area contributed by atoms with Gasteiger partial charge >= 0.3 is 17.9 Å². The predicted octanol–water partition coefficient (Wildman–Crippen LogP) is 21.9. The van der Waals surface area contributed by atoms with Crippen molar-refractivity contribution in [3.8, 4) is 0 Å². The third-order valence-electron chi connectivity index (χ3n) is 14.2.